The fourth-order valence-electron chi connectivity index (χ4n) is 3.63. The van der Waals surface area contributed by atoms with E-state index in [4.69, 9.17) is 4.74 Å². The number of H-pyrrole nitrogens is 1. The van der Waals surface area contributed by atoms with Crippen molar-refractivity contribution in [2.24, 2.45) is 0 Å². The molecule has 1 aliphatic heterocycles. The van der Waals surface area contributed by atoms with Crippen LogP contribution in [0.15, 0.2) is 29.5 Å². The Hall–Kier alpha value is -3.69. The zero-order chi connectivity index (χ0) is 26.1. The van der Waals surface area contributed by atoms with Crippen LogP contribution in [0.5, 0.6) is 0 Å². The SMILES string of the molecule is C[C@@H](COCc1cc2n(n1)CCN(c1ncc(C(F)(F)F)cn1)C2)Nc1cn[nH]c(=O)c1C(F)(F)F. The summed E-state index contributed by atoms with van der Waals surface area (Å²) in [7, 11) is 0. The molecule has 0 aromatic carbocycles. The normalized spacial score (nSPS) is 15.0. The van der Waals surface area contributed by atoms with Crippen LogP contribution in [0.3, 0.4) is 0 Å². The zero-order valence-corrected chi connectivity index (χ0v) is 18.7. The number of alkyl halides is 6. The topological polar surface area (TPSA) is 114 Å². The van der Waals surface area contributed by atoms with Gasteiger partial charge in [-0.25, -0.2) is 15.1 Å². The molecule has 10 nitrogen and oxygen atoms in total. The summed E-state index contributed by atoms with van der Waals surface area (Å²) in [5.41, 5.74) is -2.75. The van der Waals surface area contributed by atoms with Gasteiger partial charge in [0.25, 0.3) is 5.56 Å². The summed E-state index contributed by atoms with van der Waals surface area (Å²) in [6.07, 6.45) is -7.01. The summed E-state index contributed by atoms with van der Waals surface area (Å²) in [5.74, 6) is 0.167. The average molecular weight is 518 g/mol. The molecule has 1 atom stereocenters. The predicted molar refractivity (Wildman–Crippen MR) is 113 cm³/mol. The maximum absolute atomic E-state index is 13.2. The second kappa shape index (κ2) is 9.75. The van der Waals surface area contributed by atoms with Crippen molar-refractivity contribution in [1.29, 1.82) is 0 Å². The molecule has 4 rings (SSSR count). The molecule has 2 N–H and O–H groups in total. The van der Waals surface area contributed by atoms with Crippen LogP contribution in [0.4, 0.5) is 38.0 Å². The van der Waals surface area contributed by atoms with E-state index < -0.39 is 40.8 Å². The number of hydrogen-bond donors (Lipinski definition) is 2. The van der Waals surface area contributed by atoms with Crippen LogP contribution in [-0.4, -0.2) is 49.1 Å². The number of aromatic amines is 1. The Kier molecular flexibility index (Phi) is 6.88. The molecule has 36 heavy (non-hydrogen) atoms. The van der Waals surface area contributed by atoms with E-state index in [1.54, 1.807) is 27.7 Å². The second-order valence-electron chi connectivity index (χ2n) is 8.09. The molecule has 0 radical (unpaired) electrons. The Morgan fingerprint density at radius 1 is 1.11 bits per heavy atom. The number of nitrogens with zero attached hydrogens (tertiary/aromatic N) is 6. The molecular weight excluding hydrogens is 498 g/mol. The molecular formula is C20H20F6N8O2. The standard InChI is InChI=1S/C20H20F6N8O2/c1-11(30-15-7-29-31-17(35)16(15)20(24,25)26)9-36-10-13-4-14-8-33(2-3-34(14)32-13)18-27-5-12(6-28-18)19(21,22)23/h4-7,11H,2-3,8-10H2,1H3,(H2,30,31,35)/t11-/m0/s1. The third-order valence-corrected chi connectivity index (χ3v) is 5.26. The maximum atomic E-state index is 13.2. The van der Waals surface area contributed by atoms with Gasteiger partial charge in [-0.1, -0.05) is 0 Å². The van der Waals surface area contributed by atoms with Crippen molar-refractivity contribution >= 4 is 11.6 Å². The van der Waals surface area contributed by atoms with Crippen LogP contribution in [-0.2, 0) is 36.8 Å². The number of nitrogens with one attached hydrogen (secondary N) is 2. The summed E-state index contributed by atoms with van der Waals surface area (Å²) in [5, 5.41) is 12.2. The minimum Gasteiger partial charge on any atom is -0.378 e. The third-order valence-electron chi connectivity index (χ3n) is 5.26. The maximum Gasteiger partial charge on any atom is 0.423 e. The lowest BCUT2D eigenvalue weighted by molar-refractivity contribution is -0.139. The van der Waals surface area contributed by atoms with Gasteiger partial charge in [-0.3, -0.25) is 9.48 Å². The number of ether oxygens (including phenoxy) is 1. The number of halogens is 6. The largest absolute Gasteiger partial charge is 0.423 e. The summed E-state index contributed by atoms with van der Waals surface area (Å²) in [6, 6.07) is 1.18. The van der Waals surface area contributed by atoms with Crippen molar-refractivity contribution in [3.63, 3.8) is 0 Å². The van der Waals surface area contributed by atoms with E-state index in [0.717, 1.165) is 24.3 Å². The molecule has 0 aliphatic carbocycles. The highest BCUT2D eigenvalue weighted by Crippen LogP contribution is 2.32. The molecule has 0 spiro atoms. The van der Waals surface area contributed by atoms with E-state index in [1.807, 2.05) is 0 Å². The van der Waals surface area contributed by atoms with Crippen molar-refractivity contribution in [2.45, 2.75) is 45.0 Å². The lowest BCUT2D eigenvalue weighted by Gasteiger charge is -2.27. The number of fused-ring (bicyclic) bond motifs is 1. The van der Waals surface area contributed by atoms with Crippen LogP contribution in [0.1, 0.15) is 29.4 Å². The molecule has 0 bridgehead atoms. The highest BCUT2D eigenvalue weighted by Gasteiger charge is 2.37. The van der Waals surface area contributed by atoms with Gasteiger partial charge >= 0.3 is 12.4 Å². The van der Waals surface area contributed by atoms with E-state index in [2.05, 4.69) is 25.5 Å². The van der Waals surface area contributed by atoms with Crippen LogP contribution < -0.4 is 15.8 Å². The van der Waals surface area contributed by atoms with Gasteiger partial charge in [0, 0.05) is 25.0 Å². The highest BCUT2D eigenvalue weighted by molar-refractivity contribution is 5.50. The predicted octanol–water partition coefficient (Wildman–Crippen LogP) is 2.83. The Bertz CT molecular complexity index is 1250. The van der Waals surface area contributed by atoms with Crippen molar-refractivity contribution < 1.29 is 31.1 Å². The van der Waals surface area contributed by atoms with Gasteiger partial charge in [-0.15, -0.1) is 0 Å². The smallest absolute Gasteiger partial charge is 0.378 e. The molecule has 3 aromatic rings. The Balaban J connectivity index is 1.32. The fraction of sp³-hybridized carbons (Fsp3) is 0.450. The Labute approximate surface area is 199 Å². The summed E-state index contributed by atoms with van der Waals surface area (Å²) < 4.78 is 84.9. The van der Waals surface area contributed by atoms with Crippen molar-refractivity contribution in [3.8, 4) is 0 Å². The summed E-state index contributed by atoms with van der Waals surface area (Å²) in [6.45, 7) is 2.88. The van der Waals surface area contributed by atoms with Gasteiger partial charge in [-0.2, -0.15) is 36.5 Å². The first-order valence-electron chi connectivity index (χ1n) is 10.6. The highest BCUT2D eigenvalue weighted by atomic mass is 19.4. The second-order valence-corrected chi connectivity index (χ2v) is 8.09. The Morgan fingerprint density at radius 2 is 1.83 bits per heavy atom. The first-order chi connectivity index (χ1) is 16.9. The molecule has 0 saturated carbocycles. The average Bonchev–Trinajstić information content (AvgIpc) is 3.19. The van der Waals surface area contributed by atoms with Crippen LogP contribution in [0, 0.1) is 0 Å². The molecule has 0 fully saturated rings. The lowest BCUT2D eigenvalue weighted by atomic mass is 10.2. The molecule has 0 saturated heterocycles. The monoisotopic (exact) mass is 518 g/mol. The van der Waals surface area contributed by atoms with Crippen LogP contribution in [0.2, 0.25) is 0 Å². The summed E-state index contributed by atoms with van der Waals surface area (Å²) >= 11 is 0. The van der Waals surface area contributed by atoms with Gasteiger partial charge < -0.3 is 15.0 Å². The molecule has 0 unspecified atom stereocenters. The van der Waals surface area contributed by atoms with E-state index >= 15 is 0 Å². The zero-order valence-electron chi connectivity index (χ0n) is 18.7. The minimum absolute atomic E-state index is 0.0117. The van der Waals surface area contributed by atoms with Crippen LogP contribution in [0.25, 0.3) is 0 Å². The van der Waals surface area contributed by atoms with Crippen molar-refractivity contribution in [1.82, 2.24) is 29.9 Å². The van der Waals surface area contributed by atoms with Gasteiger partial charge in [-0.05, 0) is 13.0 Å². The minimum atomic E-state index is -4.85. The molecule has 4 heterocycles. The van der Waals surface area contributed by atoms with Crippen LogP contribution >= 0.6 is 0 Å². The first kappa shape index (κ1) is 25.4. The third kappa shape index (κ3) is 5.75. The van der Waals surface area contributed by atoms with E-state index in [9.17, 15) is 31.1 Å². The van der Waals surface area contributed by atoms with Crippen molar-refractivity contribution in [3.05, 3.63) is 57.5 Å². The number of anilines is 2. The molecule has 0 amide bonds. The van der Waals surface area contributed by atoms with Gasteiger partial charge in [0.05, 0.1) is 55.1 Å². The van der Waals surface area contributed by atoms with Gasteiger partial charge in [0.2, 0.25) is 5.95 Å². The summed E-state index contributed by atoms with van der Waals surface area (Å²) in [4.78, 5) is 20.9. The Morgan fingerprint density at radius 3 is 2.50 bits per heavy atom. The lowest BCUT2D eigenvalue weighted by Crippen LogP contribution is -2.35. The molecule has 3 aromatic heterocycles. The van der Waals surface area contributed by atoms with E-state index in [0.29, 0.717) is 25.3 Å². The fourth-order valence-corrected chi connectivity index (χ4v) is 3.63. The van der Waals surface area contributed by atoms with Crippen molar-refractivity contribution in [2.75, 3.05) is 23.4 Å². The number of rotatable bonds is 7. The molecule has 194 valence electrons. The van der Waals surface area contributed by atoms with Gasteiger partial charge in [0.1, 0.15) is 5.56 Å². The van der Waals surface area contributed by atoms with Gasteiger partial charge in [0.15, 0.2) is 0 Å². The van der Waals surface area contributed by atoms with E-state index in [1.165, 1.54) is 0 Å². The quantitative estimate of drug-likeness (QED) is 0.459. The molecule has 16 heteroatoms. The first-order valence-corrected chi connectivity index (χ1v) is 10.6. The number of hydrogen-bond acceptors (Lipinski definition) is 8. The number of aromatic nitrogens is 6. The molecule has 1 aliphatic rings. The van der Waals surface area contributed by atoms with E-state index in [-0.39, 0.29) is 19.2 Å².